The van der Waals surface area contributed by atoms with Gasteiger partial charge >= 0.3 is 0 Å². The second-order valence-corrected chi connectivity index (χ2v) is 4.85. The van der Waals surface area contributed by atoms with Crippen LogP contribution < -0.4 is 5.32 Å². The lowest BCUT2D eigenvalue weighted by atomic mass is 9.71. The van der Waals surface area contributed by atoms with Crippen molar-refractivity contribution in [2.75, 3.05) is 5.32 Å². The first-order valence-electron chi connectivity index (χ1n) is 5.83. The Hall–Kier alpha value is -1.24. The summed E-state index contributed by atoms with van der Waals surface area (Å²) in [5.74, 6) is 1.74. The standard InChI is InChI=1S/C14H17N/c1-10-5-7-12(8-6-10)15-14-9-11-3-2-4-13(11)14/h2,4-8,11,13-15H,3,9H2,1H3. The average Bonchev–Trinajstić information content (AvgIpc) is 2.59. The van der Waals surface area contributed by atoms with Gasteiger partial charge in [-0.1, -0.05) is 29.8 Å². The van der Waals surface area contributed by atoms with E-state index >= 15 is 0 Å². The van der Waals surface area contributed by atoms with Crippen LogP contribution in [-0.2, 0) is 0 Å². The molecule has 0 aliphatic heterocycles. The SMILES string of the molecule is Cc1ccc(NC2CC3CC=CC32)cc1. The Kier molecular flexibility index (Phi) is 2.05. The van der Waals surface area contributed by atoms with Gasteiger partial charge in [0.25, 0.3) is 0 Å². The van der Waals surface area contributed by atoms with Crippen molar-refractivity contribution < 1.29 is 0 Å². The van der Waals surface area contributed by atoms with Crippen molar-refractivity contribution in [1.29, 1.82) is 0 Å². The fourth-order valence-electron chi connectivity index (χ4n) is 2.75. The molecule has 2 aliphatic carbocycles. The van der Waals surface area contributed by atoms with Crippen molar-refractivity contribution in [3.8, 4) is 0 Å². The molecule has 0 spiro atoms. The highest BCUT2D eigenvalue weighted by atomic mass is 14.9. The van der Waals surface area contributed by atoms with Gasteiger partial charge in [-0.25, -0.2) is 0 Å². The first-order chi connectivity index (χ1) is 7.33. The second kappa shape index (κ2) is 3.41. The van der Waals surface area contributed by atoms with E-state index in [2.05, 4.69) is 48.7 Å². The summed E-state index contributed by atoms with van der Waals surface area (Å²) in [7, 11) is 0. The molecule has 78 valence electrons. The summed E-state index contributed by atoms with van der Waals surface area (Å²) in [6.07, 6.45) is 7.37. The molecule has 3 atom stereocenters. The monoisotopic (exact) mass is 199 g/mol. The van der Waals surface area contributed by atoms with Crippen LogP contribution in [0.2, 0.25) is 0 Å². The van der Waals surface area contributed by atoms with Crippen LogP contribution in [0.3, 0.4) is 0 Å². The van der Waals surface area contributed by atoms with Crippen LogP contribution in [0.25, 0.3) is 0 Å². The van der Waals surface area contributed by atoms with Crippen LogP contribution in [0, 0.1) is 18.8 Å². The number of anilines is 1. The number of hydrogen-bond acceptors (Lipinski definition) is 1. The van der Waals surface area contributed by atoms with Crippen molar-refractivity contribution in [2.24, 2.45) is 11.8 Å². The average molecular weight is 199 g/mol. The topological polar surface area (TPSA) is 12.0 Å². The zero-order valence-electron chi connectivity index (χ0n) is 9.11. The van der Waals surface area contributed by atoms with Crippen LogP contribution in [0.4, 0.5) is 5.69 Å². The minimum Gasteiger partial charge on any atom is -0.382 e. The number of hydrogen-bond donors (Lipinski definition) is 1. The third-order valence-corrected chi connectivity index (χ3v) is 3.77. The Morgan fingerprint density at radius 2 is 2.00 bits per heavy atom. The molecule has 1 aromatic carbocycles. The first-order valence-corrected chi connectivity index (χ1v) is 5.83. The Morgan fingerprint density at radius 1 is 1.20 bits per heavy atom. The maximum absolute atomic E-state index is 3.63. The molecule has 3 unspecified atom stereocenters. The first kappa shape index (κ1) is 9.02. The van der Waals surface area contributed by atoms with E-state index in [4.69, 9.17) is 0 Å². The van der Waals surface area contributed by atoms with Gasteiger partial charge in [0.1, 0.15) is 0 Å². The molecule has 2 aliphatic rings. The van der Waals surface area contributed by atoms with E-state index < -0.39 is 0 Å². The van der Waals surface area contributed by atoms with Crippen LogP contribution in [-0.4, -0.2) is 6.04 Å². The van der Waals surface area contributed by atoms with Gasteiger partial charge < -0.3 is 5.32 Å². The third kappa shape index (κ3) is 1.56. The third-order valence-electron chi connectivity index (χ3n) is 3.77. The van der Waals surface area contributed by atoms with E-state index in [1.165, 1.54) is 24.1 Å². The molecule has 1 fully saturated rings. The van der Waals surface area contributed by atoms with Crippen molar-refractivity contribution in [3.63, 3.8) is 0 Å². The number of rotatable bonds is 2. The fourth-order valence-corrected chi connectivity index (χ4v) is 2.75. The van der Waals surface area contributed by atoms with Gasteiger partial charge in [0.15, 0.2) is 0 Å². The lowest BCUT2D eigenvalue weighted by molar-refractivity contribution is 0.218. The Balaban J connectivity index is 1.66. The molecule has 1 N–H and O–H groups in total. The van der Waals surface area contributed by atoms with E-state index in [0.29, 0.717) is 6.04 Å². The van der Waals surface area contributed by atoms with Crippen molar-refractivity contribution in [2.45, 2.75) is 25.8 Å². The molecule has 1 heteroatoms. The number of fused-ring (bicyclic) bond motifs is 1. The molecule has 1 aromatic rings. The molecule has 0 bridgehead atoms. The molecule has 1 nitrogen and oxygen atoms in total. The molecule has 3 rings (SSSR count). The summed E-state index contributed by atoms with van der Waals surface area (Å²) in [5.41, 5.74) is 2.59. The summed E-state index contributed by atoms with van der Waals surface area (Å²) in [4.78, 5) is 0. The van der Waals surface area contributed by atoms with Gasteiger partial charge in [-0.15, -0.1) is 0 Å². The molecule has 0 aromatic heterocycles. The van der Waals surface area contributed by atoms with Crippen LogP contribution in [0.15, 0.2) is 36.4 Å². The van der Waals surface area contributed by atoms with Gasteiger partial charge in [0, 0.05) is 17.6 Å². The Bertz CT molecular complexity index is 377. The second-order valence-electron chi connectivity index (χ2n) is 4.85. The van der Waals surface area contributed by atoms with Crippen LogP contribution in [0.5, 0.6) is 0 Å². The summed E-state index contributed by atoms with van der Waals surface area (Å²) in [6, 6.07) is 9.38. The summed E-state index contributed by atoms with van der Waals surface area (Å²) < 4.78 is 0. The minimum atomic E-state index is 0.677. The highest BCUT2D eigenvalue weighted by Crippen LogP contribution is 2.43. The van der Waals surface area contributed by atoms with Crippen LogP contribution >= 0.6 is 0 Å². The van der Waals surface area contributed by atoms with Crippen LogP contribution in [0.1, 0.15) is 18.4 Å². The van der Waals surface area contributed by atoms with Gasteiger partial charge in [0.2, 0.25) is 0 Å². The van der Waals surface area contributed by atoms with Crippen molar-refractivity contribution >= 4 is 5.69 Å². The van der Waals surface area contributed by atoms with E-state index in [0.717, 1.165) is 11.8 Å². The van der Waals surface area contributed by atoms with Crippen molar-refractivity contribution in [3.05, 3.63) is 42.0 Å². The number of benzene rings is 1. The van der Waals surface area contributed by atoms with Gasteiger partial charge in [-0.05, 0) is 37.8 Å². The molecule has 0 amide bonds. The molecule has 0 saturated heterocycles. The predicted molar refractivity (Wildman–Crippen MR) is 63.9 cm³/mol. The molecule has 0 heterocycles. The number of aryl methyl sites for hydroxylation is 1. The highest BCUT2D eigenvalue weighted by Gasteiger charge is 2.40. The van der Waals surface area contributed by atoms with Gasteiger partial charge in [-0.3, -0.25) is 0 Å². The smallest absolute Gasteiger partial charge is 0.0342 e. The van der Waals surface area contributed by atoms with E-state index in [-0.39, 0.29) is 0 Å². The molecule has 1 saturated carbocycles. The zero-order chi connectivity index (χ0) is 10.3. The minimum absolute atomic E-state index is 0.677. The maximum atomic E-state index is 3.63. The Morgan fingerprint density at radius 3 is 2.73 bits per heavy atom. The molecule has 15 heavy (non-hydrogen) atoms. The number of allylic oxidation sites excluding steroid dienone is 1. The zero-order valence-corrected chi connectivity index (χ0v) is 9.11. The van der Waals surface area contributed by atoms with E-state index in [1.54, 1.807) is 0 Å². The molecular formula is C14H17N. The molecular weight excluding hydrogens is 182 g/mol. The fraction of sp³-hybridized carbons (Fsp3) is 0.429. The molecule has 0 radical (unpaired) electrons. The lowest BCUT2D eigenvalue weighted by Crippen LogP contribution is -2.43. The largest absolute Gasteiger partial charge is 0.382 e. The van der Waals surface area contributed by atoms with E-state index in [9.17, 15) is 0 Å². The van der Waals surface area contributed by atoms with E-state index in [1.807, 2.05) is 0 Å². The summed E-state index contributed by atoms with van der Waals surface area (Å²) in [6.45, 7) is 2.13. The van der Waals surface area contributed by atoms with Crippen molar-refractivity contribution in [1.82, 2.24) is 0 Å². The maximum Gasteiger partial charge on any atom is 0.0342 e. The summed E-state index contributed by atoms with van der Waals surface area (Å²) >= 11 is 0. The Labute approximate surface area is 91.2 Å². The predicted octanol–water partition coefficient (Wildman–Crippen LogP) is 3.37. The highest BCUT2D eigenvalue weighted by molar-refractivity contribution is 5.46. The summed E-state index contributed by atoms with van der Waals surface area (Å²) in [5, 5.41) is 3.63. The normalized spacial score (nSPS) is 32.2. The number of nitrogens with one attached hydrogen (secondary N) is 1. The quantitative estimate of drug-likeness (QED) is 0.720. The van der Waals surface area contributed by atoms with Gasteiger partial charge in [-0.2, -0.15) is 0 Å². The van der Waals surface area contributed by atoms with Gasteiger partial charge in [0.05, 0.1) is 0 Å². The lowest BCUT2D eigenvalue weighted by Gasteiger charge is -2.41.